The van der Waals surface area contributed by atoms with E-state index in [1.54, 1.807) is 4.90 Å². The fourth-order valence-electron chi connectivity index (χ4n) is 5.01. The zero-order valence-corrected chi connectivity index (χ0v) is 16.9. The van der Waals surface area contributed by atoms with E-state index >= 15 is 0 Å². The van der Waals surface area contributed by atoms with Crippen LogP contribution in [0.2, 0.25) is 0 Å². The number of nitrogens with zero attached hydrogens (tertiary/aromatic N) is 1. The molecule has 0 radical (unpaired) electrons. The maximum absolute atomic E-state index is 13.4. The Morgan fingerprint density at radius 2 is 1.83 bits per heavy atom. The number of carbonyl (C=O) groups is 2. The second-order valence-electron chi connectivity index (χ2n) is 8.43. The first-order valence-corrected chi connectivity index (χ1v) is 10.3. The number of ether oxygens (including phenoxy) is 1. The normalized spacial score (nSPS) is 25.0. The molecule has 0 spiro atoms. The summed E-state index contributed by atoms with van der Waals surface area (Å²) in [5.41, 5.74) is 6.93. The molecule has 0 aliphatic carbocycles. The number of amides is 2. The van der Waals surface area contributed by atoms with Gasteiger partial charge in [0.25, 0.3) is 0 Å². The van der Waals surface area contributed by atoms with E-state index in [1.807, 2.05) is 43.3 Å². The van der Waals surface area contributed by atoms with Crippen molar-refractivity contribution in [3.05, 3.63) is 77.9 Å². The van der Waals surface area contributed by atoms with Gasteiger partial charge in [0.2, 0.25) is 11.8 Å². The summed E-state index contributed by atoms with van der Waals surface area (Å²) in [5.74, 6) is -1.19. The van der Waals surface area contributed by atoms with Crippen molar-refractivity contribution in [2.75, 3.05) is 6.54 Å². The predicted molar refractivity (Wildman–Crippen MR) is 115 cm³/mol. The first-order chi connectivity index (χ1) is 14.5. The van der Waals surface area contributed by atoms with Crippen molar-refractivity contribution >= 4 is 22.6 Å². The van der Waals surface area contributed by atoms with Gasteiger partial charge in [0.15, 0.2) is 5.72 Å². The van der Waals surface area contributed by atoms with E-state index in [9.17, 15) is 9.59 Å². The number of primary amides is 1. The van der Waals surface area contributed by atoms with Crippen LogP contribution in [0, 0.1) is 5.92 Å². The van der Waals surface area contributed by atoms with Crippen LogP contribution in [0.4, 0.5) is 0 Å². The molecule has 3 aromatic rings. The lowest BCUT2D eigenvalue weighted by molar-refractivity contribution is -0.175. The van der Waals surface area contributed by atoms with Gasteiger partial charge in [-0.25, -0.2) is 0 Å². The van der Waals surface area contributed by atoms with Gasteiger partial charge in [-0.3, -0.25) is 9.59 Å². The Morgan fingerprint density at radius 1 is 1.10 bits per heavy atom. The number of carbonyl (C=O) groups excluding carboxylic acids is 2. The third-order valence-corrected chi connectivity index (χ3v) is 6.50. The molecule has 0 unspecified atom stereocenters. The molecule has 2 bridgehead atoms. The van der Waals surface area contributed by atoms with E-state index in [0.29, 0.717) is 19.4 Å². The minimum atomic E-state index is -0.861. The molecule has 5 rings (SSSR count). The van der Waals surface area contributed by atoms with Crippen molar-refractivity contribution in [1.82, 2.24) is 4.90 Å². The lowest BCUT2D eigenvalue weighted by Gasteiger charge is -2.52. The van der Waals surface area contributed by atoms with Crippen molar-refractivity contribution in [2.24, 2.45) is 11.7 Å². The Labute approximate surface area is 175 Å². The first-order valence-electron chi connectivity index (χ1n) is 10.3. The van der Waals surface area contributed by atoms with E-state index in [-0.39, 0.29) is 11.8 Å². The average Bonchev–Trinajstić information content (AvgIpc) is 2.73. The van der Waals surface area contributed by atoms with Gasteiger partial charge in [-0.1, -0.05) is 60.7 Å². The van der Waals surface area contributed by atoms with Crippen LogP contribution in [0.15, 0.2) is 66.7 Å². The maximum Gasteiger partial charge on any atom is 0.238 e. The summed E-state index contributed by atoms with van der Waals surface area (Å²) in [7, 11) is 0. The molecular formula is C25H24N2O3. The smallest absolute Gasteiger partial charge is 0.238 e. The van der Waals surface area contributed by atoms with Crippen molar-refractivity contribution in [3.8, 4) is 5.75 Å². The number of piperidine rings is 1. The van der Waals surface area contributed by atoms with Gasteiger partial charge in [0.1, 0.15) is 11.7 Å². The van der Waals surface area contributed by atoms with E-state index in [0.717, 1.165) is 16.9 Å². The third kappa shape index (κ3) is 2.93. The molecule has 2 amide bonds. The lowest BCUT2D eigenvalue weighted by Crippen LogP contribution is -2.64. The molecule has 152 valence electrons. The first kappa shape index (κ1) is 18.7. The molecule has 1 saturated heterocycles. The number of benzene rings is 3. The highest BCUT2D eigenvalue weighted by molar-refractivity contribution is 6.01. The molecule has 3 atom stereocenters. The summed E-state index contributed by atoms with van der Waals surface area (Å²) < 4.78 is 6.31. The Hall–Kier alpha value is -3.34. The van der Waals surface area contributed by atoms with Gasteiger partial charge in [-0.2, -0.15) is 0 Å². The zero-order valence-electron chi connectivity index (χ0n) is 16.9. The van der Waals surface area contributed by atoms with Crippen LogP contribution in [0.3, 0.4) is 0 Å². The number of likely N-dealkylation sites (tertiary alicyclic amines) is 1. The van der Waals surface area contributed by atoms with Crippen LogP contribution in [0.1, 0.15) is 30.4 Å². The van der Waals surface area contributed by atoms with Crippen LogP contribution in [-0.2, 0) is 16.0 Å². The van der Waals surface area contributed by atoms with Crippen molar-refractivity contribution in [3.63, 3.8) is 0 Å². The standard InChI is InChI=1S/C25H24N2O3/c1-25-15-20(19-8-4-5-9-21(19)30-25)22(23(26)28)24(29)27(25)13-12-16-10-11-17-6-2-3-7-18(17)14-16/h2-11,14,20,22H,12-13,15H2,1H3,(H2,26,28)/t20-,22+,25-/m0/s1. The highest BCUT2D eigenvalue weighted by Crippen LogP contribution is 2.49. The number of para-hydroxylation sites is 1. The number of fused-ring (bicyclic) bond motifs is 5. The number of hydrogen-bond donors (Lipinski definition) is 1. The molecule has 2 heterocycles. The maximum atomic E-state index is 13.4. The van der Waals surface area contributed by atoms with Gasteiger partial charge in [-0.15, -0.1) is 0 Å². The van der Waals surface area contributed by atoms with Crippen LogP contribution in [-0.4, -0.2) is 29.0 Å². The number of hydrogen-bond acceptors (Lipinski definition) is 3. The highest BCUT2D eigenvalue weighted by Gasteiger charge is 2.55. The number of rotatable bonds is 4. The Morgan fingerprint density at radius 3 is 2.63 bits per heavy atom. The monoisotopic (exact) mass is 400 g/mol. The van der Waals surface area contributed by atoms with E-state index in [4.69, 9.17) is 10.5 Å². The molecule has 2 aliphatic rings. The summed E-state index contributed by atoms with van der Waals surface area (Å²) >= 11 is 0. The quantitative estimate of drug-likeness (QED) is 0.680. The van der Waals surface area contributed by atoms with Crippen LogP contribution >= 0.6 is 0 Å². The summed E-state index contributed by atoms with van der Waals surface area (Å²) in [4.78, 5) is 27.4. The average molecular weight is 400 g/mol. The van der Waals surface area contributed by atoms with Gasteiger partial charge < -0.3 is 15.4 Å². The molecule has 5 nitrogen and oxygen atoms in total. The van der Waals surface area contributed by atoms with Gasteiger partial charge >= 0.3 is 0 Å². The Kier molecular flexibility index (Phi) is 4.28. The molecule has 0 saturated carbocycles. The molecule has 5 heteroatoms. The largest absolute Gasteiger partial charge is 0.468 e. The minimum Gasteiger partial charge on any atom is -0.468 e. The lowest BCUT2D eigenvalue weighted by atomic mass is 9.73. The zero-order chi connectivity index (χ0) is 20.9. The SMILES string of the molecule is C[C@@]12C[C@@H](c3ccccc3O1)[C@H](C(N)=O)C(=O)N2CCc1ccc2ccccc2c1. The van der Waals surface area contributed by atoms with E-state index in [1.165, 1.54) is 10.8 Å². The summed E-state index contributed by atoms with van der Waals surface area (Å²) in [5, 5.41) is 2.36. The molecule has 3 aromatic carbocycles. The number of nitrogens with two attached hydrogens (primary N) is 1. The molecule has 0 aromatic heterocycles. The van der Waals surface area contributed by atoms with Gasteiger partial charge in [0.05, 0.1) is 0 Å². The van der Waals surface area contributed by atoms with Crippen molar-refractivity contribution in [1.29, 1.82) is 0 Å². The molecule has 30 heavy (non-hydrogen) atoms. The second kappa shape index (κ2) is 6.87. The van der Waals surface area contributed by atoms with Crippen molar-refractivity contribution < 1.29 is 14.3 Å². The fraction of sp³-hybridized carbons (Fsp3) is 0.280. The van der Waals surface area contributed by atoms with Crippen LogP contribution in [0.5, 0.6) is 5.75 Å². The van der Waals surface area contributed by atoms with Crippen molar-refractivity contribution in [2.45, 2.75) is 31.4 Å². The predicted octanol–water partition coefficient (Wildman–Crippen LogP) is 3.61. The molecule has 2 N–H and O–H groups in total. The summed E-state index contributed by atoms with van der Waals surface area (Å²) in [6.07, 6.45) is 1.23. The summed E-state index contributed by atoms with van der Waals surface area (Å²) in [6.45, 7) is 2.40. The van der Waals surface area contributed by atoms with E-state index in [2.05, 4.69) is 30.3 Å². The topological polar surface area (TPSA) is 72.6 Å². The second-order valence-corrected chi connectivity index (χ2v) is 8.43. The third-order valence-electron chi connectivity index (χ3n) is 6.50. The van der Waals surface area contributed by atoms with Crippen LogP contribution < -0.4 is 10.5 Å². The Balaban J connectivity index is 1.47. The summed E-state index contributed by atoms with van der Waals surface area (Å²) in [6, 6.07) is 22.2. The Bertz CT molecular complexity index is 1160. The fourth-order valence-corrected chi connectivity index (χ4v) is 5.01. The molecule has 1 fully saturated rings. The van der Waals surface area contributed by atoms with Gasteiger partial charge in [-0.05, 0) is 41.3 Å². The minimum absolute atomic E-state index is 0.239. The molecule has 2 aliphatic heterocycles. The molecular weight excluding hydrogens is 376 g/mol. The van der Waals surface area contributed by atoms with Gasteiger partial charge in [0, 0.05) is 18.9 Å². The highest BCUT2D eigenvalue weighted by atomic mass is 16.5. The van der Waals surface area contributed by atoms with Crippen LogP contribution in [0.25, 0.3) is 10.8 Å². The van der Waals surface area contributed by atoms with E-state index < -0.39 is 17.6 Å².